The van der Waals surface area contributed by atoms with E-state index in [2.05, 4.69) is 5.16 Å². The molecular weight excluding hydrogens is 277 g/mol. The Bertz CT molecular complexity index is 750. The van der Waals surface area contributed by atoms with Crippen LogP contribution in [0.5, 0.6) is 0 Å². The van der Waals surface area contributed by atoms with Gasteiger partial charge in [0, 0.05) is 17.9 Å². The van der Waals surface area contributed by atoms with Gasteiger partial charge in [0.15, 0.2) is 21.3 Å². The molecule has 0 aliphatic carbocycles. The number of nitrogens with zero attached hydrogens (tertiary/aromatic N) is 1. The summed E-state index contributed by atoms with van der Waals surface area (Å²) in [4.78, 5) is 10.4. The van der Waals surface area contributed by atoms with Crippen molar-refractivity contribution in [3.63, 3.8) is 0 Å². The quantitative estimate of drug-likeness (QED) is 0.919. The molecule has 6 nitrogen and oxygen atoms in total. The average Bonchev–Trinajstić information content (AvgIpc) is 2.76. The van der Waals surface area contributed by atoms with Crippen LogP contribution in [0.25, 0.3) is 11.3 Å². The van der Waals surface area contributed by atoms with E-state index in [1.165, 1.54) is 6.07 Å². The molecule has 1 N–H and O–H groups in total. The third-order valence-electron chi connectivity index (χ3n) is 2.31. The number of carboxylic acid groups (broad SMARTS) is 1. The summed E-state index contributed by atoms with van der Waals surface area (Å²) in [5.74, 6) is -2.09. The van der Waals surface area contributed by atoms with Crippen molar-refractivity contribution in [1.29, 1.82) is 0 Å². The average molecular weight is 285 g/mol. The highest BCUT2D eigenvalue weighted by Crippen LogP contribution is 2.25. The largest absolute Gasteiger partial charge is 0.476 e. The molecular formula is C11H8FNO5S. The monoisotopic (exact) mass is 285 g/mol. The molecule has 0 aliphatic heterocycles. The Hall–Kier alpha value is -2.22. The van der Waals surface area contributed by atoms with Gasteiger partial charge in [0.25, 0.3) is 0 Å². The summed E-state index contributed by atoms with van der Waals surface area (Å²) in [5, 5.41) is 12.0. The van der Waals surface area contributed by atoms with Gasteiger partial charge in [0.2, 0.25) is 0 Å². The van der Waals surface area contributed by atoms with Crippen molar-refractivity contribution < 1.29 is 27.2 Å². The van der Waals surface area contributed by atoms with Gasteiger partial charge in [-0.3, -0.25) is 0 Å². The minimum atomic E-state index is -3.58. The summed E-state index contributed by atoms with van der Waals surface area (Å²) >= 11 is 0. The summed E-state index contributed by atoms with van der Waals surface area (Å²) in [6.07, 6.45) is 0.939. The van der Waals surface area contributed by atoms with Crippen LogP contribution in [0.1, 0.15) is 10.5 Å². The molecule has 19 heavy (non-hydrogen) atoms. The van der Waals surface area contributed by atoms with E-state index < -0.39 is 21.6 Å². The van der Waals surface area contributed by atoms with E-state index in [9.17, 15) is 17.6 Å². The third-order valence-corrected chi connectivity index (χ3v) is 3.41. The highest BCUT2D eigenvalue weighted by Gasteiger charge is 2.16. The highest BCUT2D eigenvalue weighted by atomic mass is 32.2. The number of carbonyl (C=O) groups is 1. The summed E-state index contributed by atoms with van der Waals surface area (Å²) < 4.78 is 40.9. The summed E-state index contributed by atoms with van der Waals surface area (Å²) in [6, 6.07) is 4.17. The van der Waals surface area contributed by atoms with Gasteiger partial charge >= 0.3 is 5.97 Å². The molecule has 2 aromatic rings. The SMILES string of the molecule is CS(=O)(=O)c1cc(F)cc(-c2cc(C(=O)O)no2)c1. The lowest BCUT2D eigenvalue weighted by molar-refractivity contribution is 0.0686. The molecule has 0 saturated carbocycles. The van der Waals surface area contributed by atoms with Gasteiger partial charge in [-0.2, -0.15) is 0 Å². The van der Waals surface area contributed by atoms with Crippen LogP contribution in [0.3, 0.4) is 0 Å². The smallest absolute Gasteiger partial charge is 0.358 e. The molecule has 0 unspecified atom stereocenters. The first-order chi connectivity index (χ1) is 8.77. The van der Waals surface area contributed by atoms with Crippen molar-refractivity contribution >= 4 is 15.8 Å². The number of sulfone groups is 1. The predicted molar refractivity (Wildman–Crippen MR) is 62.0 cm³/mol. The van der Waals surface area contributed by atoms with Crippen molar-refractivity contribution in [1.82, 2.24) is 5.16 Å². The summed E-state index contributed by atoms with van der Waals surface area (Å²) in [5.41, 5.74) is -0.249. The fraction of sp³-hybridized carbons (Fsp3) is 0.0909. The maximum atomic E-state index is 13.4. The second-order valence-electron chi connectivity index (χ2n) is 3.83. The van der Waals surface area contributed by atoms with Crippen LogP contribution in [0, 0.1) is 5.82 Å². The van der Waals surface area contributed by atoms with Crippen molar-refractivity contribution in [2.24, 2.45) is 0 Å². The zero-order valence-corrected chi connectivity index (χ0v) is 10.4. The van der Waals surface area contributed by atoms with Gasteiger partial charge < -0.3 is 9.63 Å². The Morgan fingerprint density at radius 3 is 2.53 bits per heavy atom. The van der Waals surface area contributed by atoms with E-state index in [0.717, 1.165) is 24.5 Å². The van der Waals surface area contributed by atoms with Crippen LogP contribution >= 0.6 is 0 Å². The number of hydrogen-bond acceptors (Lipinski definition) is 5. The number of aromatic nitrogens is 1. The first-order valence-corrected chi connectivity index (χ1v) is 6.87. The lowest BCUT2D eigenvalue weighted by Crippen LogP contribution is -1.98. The molecule has 0 aliphatic rings. The topological polar surface area (TPSA) is 97.5 Å². The van der Waals surface area contributed by atoms with Crippen LogP contribution in [-0.2, 0) is 9.84 Å². The zero-order valence-electron chi connectivity index (χ0n) is 9.62. The van der Waals surface area contributed by atoms with E-state index in [0.29, 0.717) is 0 Å². The molecule has 0 bridgehead atoms. The standard InChI is InChI=1S/C11H8FNO5S/c1-19(16,17)8-3-6(2-7(12)4-8)10-5-9(11(14)15)13-18-10/h2-5H,1H3,(H,14,15). The second kappa shape index (κ2) is 4.47. The minimum Gasteiger partial charge on any atom is -0.476 e. The van der Waals surface area contributed by atoms with Crippen LogP contribution in [-0.4, -0.2) is 30.9 Å². The van der Waals surface area contributed by atoms with Crippen LogP contribution in [0.2, 0.25) is 0 Å². The fourth-order valence-corrected chi connectivity index (χ4v) is 2.10. The molecule has 0 radical (unpaired) electrons. The third kappa shape index (κ3) is 2.79. The Labute approximate surface area is 107 Å². The molecule has 0 fully saturated rings. The van der Waals surface area contributed by atoms with Gasteiger partial charge in [-0.25, -0.2) is 17.6 Å². The lowest BCUT2D eigenvalue weighted by Gasteiger charge is -2.01. The molecule has 0 saturated heterocycles. The number of benzene rings is 1. The molecule has 8 heteroatoms. The van der Waals surface area contributed by atoms with Crippen LogP contribution in [0.4, 0.5) is 4.39 Å². The summed E-state index contributed by atoms with van der Waals surface area (Å²) in [7, 11) is -3.58. The molecule has 100 valence electrons. The lowest BCUT2D eigenvalue weighted by atomic mass is 10.1. The molecule has 0 amide bonds. The van der Waals surface area contributed by atoms with Crippen molar-refractivity contribution in [2.75, 3.05) is 6.26 Å². The Morgan fingerprint density at radius 1 is 1.32 bits per heavy atom. The number of halogens is 1. The predicted octanol–water partition coefficient (Wildman–Crippen LogP) is 1.58. The van der Waals surface area contributed by atoms with Gasteiger partial charge in [-0.05, 0) is 18.2 Å². The Kier molecular flexibility index (Phi) is 3.11. The molecule has 0 spiro atoms. The molecule has 1 heterocycles. The Balaban J connectivity index is 2.56. The highest BCUT2D eigenvalue weighted by molar-refractivity contribution is 7.90. The number of rotatable bonds is 3. The maximum Gasteiger partial charge on any atom is 0.358 e. The van der Waals surface area contributed by atoms with Gasteiger partial charge in [0.05, 0.1) is 4.90 Å². The molecule has 1 aromatic carbocycles. The maximum absolute atomic E-state index is 13.4. The van der Waals surface area contributed by atoms with Gasteiger partial charge in [-0.1, -0.05) is 5.16 Å². The number of aromatic carboxylic acids is 1. The van der Waals surface area contributed by atoms with E-state index in [-0.39, 0.29) is 21.9 Å². The van der Waals surface area contributed by atoms with Gasteiger partial charge in [0.1, 0.15) is 5.82 Å². The first-order valence-electron chi connectivity index (χ1n) is 4.98. The number of hydrogen-bond donors (Lipinski definition) is 1. The fourth-order valence-electron chi connectivity index (χ4n) is 1.43. The van der Waals surface area contributed by atoms with E-state index in [1.807, 2.05) is 0 Å². The second-order valence-corrected chi connectivity index (χ2v) is 5.85. The Morgan fingerprint density at radius 2 is 2.00 bits per heavy atom. The van der Waals surface area contributed by atoms with Crippen LogP contribution < -0.4 is 0 Å². The molecule has 1 aromatic heterocycles. The van der Waals surface area contributed by atoms with Crippen LogP contribution in [0.15, 0.2) is 33.7 Å². The van der Waals surface area contributed by atoms with E-state index >= 15 is 0 Å². The normalized spacial score (nSPS) is 11.5. The summed E-state index contributed by atoms with van der Waals surface area (Å²) in [6.45, 7) is 0. The molecule has 2 rings (SSSR count). The number of carboxylic acids is 1. The van der Waals surface area contributed by atoms with E-state index in [1.54, 1.807) is 0 Å². The minimum absolute atomic E-state index is 0.0261. The van der Waals surface area contributed by atoms with Crippen molar-refractivity contribution in [3.8, 4) is 11.3 Å². The zero-order chi connectivity index (χ0) is 14.2. The van der Waals surface area contributed by atoms with Crippen molar-refractivity contribution in [3.05, 3.63) is 35.8 Å². The first kappa shape index (κ1) is 13.2. The molecule has 0 atom stereocenters. The van der Waals surface area contributed by atoms with E-state index in [4.69, 9.17) is 9.63 Å². The van der Waals surface area contributed by atoms with Gasteiger partial charge in [-0.15, -0.1) is 0 Å². The van der Waals surface area contributed by atoms with Crippen molar-refractivity contribution in [2.45, 2.75) is 4.90 Å².